The molecule has 0 saturated heterocycles. The maximum Gasteiger partial charge on any atom is 0.123 e. The van der Waals surface area contributed by atoms with Crippen LogP contribution in [0.2, 0.25) is 0 Å². The zero-order valence-corrected chi connectivity index (χ0v) is 8.74. The number of nitrogens with one attached hydrogen (secondary N) is 1. The number of furan rings is 1. The Morgan fingerprint density at radius 1 is 1.31 bits per heavy atom. The van der Waals surface area contributed by atoms with Crippen LogP contribution in [0.1, 0.15) is 11.3 Å². The first kappa shape index (κ1) is 10.7. The Kier molecular flexibility index (Phi) is 3.22. The van der Waals surface area contributed by atoms with Crippen LogP contribution in [0.25, 0.3) is 0 Å². The van der Waals surface area contributed by atoms with Crippen molar-refractivity contribution in [2.45, 2.75) is 13.1 Å². The van der Waals surface area contributed by atoms with Crippen molar-refractivity contribution in [3.05, 3.63) is 53.7 Å². The molecule has 1 aromatic heterocycles. The van der Waals surface area contributed by atoms with E-state index < -0.39 is 0 Å². The second-order valence-electron chi connectivity index (χ2n) is 3.44. The Labute approximate surface area is 93.1 Å². The van der Waals surface area contributed by atoms with Crippen LogP contribution in [0.3, 0.4) is 0 Å². The lowest BCUT2D eigenvalue weighted by molar-refractivity contribution is 0.518. The summed E-state index contributed by atoms with van der Waals surface area (Å²) in [5.74, 6) is 0.552. The fourth-order valence-corrected chi connectivity index (χ4v) is 1.50. The molecule has 16 heavy (non-hydrogen) atoms. The minimum absolute atomic E-state index is 0.274. The van der Waals surface area contributed by atoms with Crippen molar-refractivity contribution in [3.63, 3.8) is 0 Å². The van der Waals surface area contributed by atoms with Gasteiger partial charge in [0, 0.05) is 12.2 Å². The highest BCUT2D eigenvalue weighted by molar-refractivity contribution is 5.51. The Morgan fingerprint density at radius 3 is 2.88 bits per heavy atom. The quantitative estimate of drug-likeness (QED) is 0.832. The Morgan fingerprint density at radius 2 is 2.19 bits per heavy atom. The Bertz CT molecular complexity index is 454. The van der Waals surface area contributed by atoms with Crippen molar-refractivity contribution in [1.29, 1.82) is 0 Å². The zero-order valence-electron chi connectivity index (χ0n) is 8.74. The number of halogens is 1. The molecule has 3 N–H and O–H groups in total. The van der Waals surface area contributed by atoms with E-state index in [9.17, 15) is 4.39 Å². The molecule has 0 saturated carbocycles. The lowest BCUT2D eigenvalue weighted by atomic mass is 10.1. The highest BCUT2D eigenvalue weighted by Crippen LogP contribution is 2.17. The summed E-state index contributed by atoms with van der Waals surface area (Å²) in [6.45, 7) is 0.865. The summed E-state index contributed by atoms with van der Waals surface area (Å²) < 4.78 is 18.1. The van der Waals surface area contributed by atoms with E-state index in [2.05, 4.69) is 5.32 Å². The van der Waals surface area contributed by atoms with E-state index in [-0.39, 0.29) is 5.82 Å². The van der Waals surface area contributed by atoms with Gasteiger partial charge < -0.3 is 15.5 Å². The van der Waals surface area contributed by atoms with E-state index >= 15 is 0 Å². The van der Waals surface area contributed by atoms with Gasteiger partial charge in [0.05, 0.1) is 12.8 Å². The normalized spacial score (nSPS) is 10.4. The van der Waals surface area contributed by atoms with Crippen LogP contribution in [-0.2, 0) is 13.1 Å². The molecule has 2 aromatic rings. The van der Waals surface area contributed by atoms with Gasteiger partial charge >= 0.3 is 0 Å². The van der Waals surface area contributed by atoms with E-state index in [4.69, 9.17) is 10.2 Å². The van der Waals surface area contributed by atoms with Gasteiger partial charge in [0.25, 0.3) is 0 Å². The summed E-state index contributed by atoms with van der Waals surface area (Å²) in [5.41, 5.74) is 7.13. The molecule has 0 unspecified atom stereocenters. The summed E-state index contributed by atoms with van der Waals surface area (Å²) >= 11 is 0. The molecule has 0 radical (unpaired) electrons. The average Bonchev–Trinajstić information content (AvgIpc) is 2.80. The SMILES string of the molecule is NCc1cc(F)ccc1NCc1ccco1. The van der Waals surface area contributed by atoms with Crippen LogP contribution >= 0.6 is 0 Å². The molecule has 4 heteroatoms. The number of hydrogen-bond acceptors (Lipinski definition) is 3. The molecule has 2 rings (SSSR count). The number of nitrogens with two attached hydrogens (primary N) is 1. The van der Waals surface area contributed by atoms with Crippen LogP contribution < -0.4 is 11.1 Å². The molecule has 1 aromatic carbocycles. The minimum Gasteiger partial charge on any atom is -0.467 e. The molecular formula is C12H13FN2O. The van der Waals surface area contributed by atoms with Gasteiger partial charge in [-0.3, -0.25) is 0 Å². The van der Waals surface area contributed by atoms with Crippen molar-refractivity contribution in [3.8, 4) is 0 Å². The maximum atomic E-state index is 12.9. The van der Waals surface area contributed by atoms with Crippen molar-refractivity contribution in [2.75, 3.05) is 5.32 Å². The van der Waals surface area contributed by atoms with Gasteiger partial charge in [0.2, 0.25) is 0 Å². The highest BCUT2D eigenvalue weighted by atomic mass is 19.1. The van der Waals surface area contributed by atoms with Crippen LogP contribution in [0.15, 0.2) is 41.0 Å². The van der Waals surface area contributed by atoms with Crippen LogP contribution in [0.5, 0.6) is 0 Å². The molecule has 3 nitrogen and oxygen atoms in total. The second-order valence-corrected chi connectivity index (χ2v) is 3.44. The average molecular weight is 220 g/mol. The van der Waals surface area contributed by atoms with E-state index in [0.29, 0.717) is 13.1 Å². The Balaban J connectivity index is 2.09. The molecule has 0 aliphatic heterocycles. The molecule has 0 aliphatic rings. The Hall–Kier alpha value is -1.81. The first-order valence-corrected chi connectivity index (χ1v) is 5.04. The second kappa shape index (κ2) is 4.81. The lowest BCUT2D eigenvalue weighted by Crippen LogP contribution is -2.05. The number of anilines is 1. The molecule has 0 aliphatic carbocycles. The van der Waals surface area contributed by atoms with Crippen molar-refractivity contribution >= 4 is 5.69 Å². The smallest absolute Gasteiger partial charge is 0.123 e. The highest BCUT2D eigenvalue weighted by Gasteiger charge is 2.03. The molecule has 0 spiro atoms. The summed E-state index contributed by atoms with van der Waals surface area (Å²) in [7, 11) is 0. The topological polar surface area (TPSA) is 51.2 Å². The first-order valence-electron chi connectivity index (χ1n) is 5.04. The van der Waals surface area contributed by atoms with E-state index in [1.54, 1.807) is 12.3 Å². The van der Waals surface area contributed by atoms with Gasteiger partial charge in [-0.25, -0.2) is 4.39 Å². The molecule has 1 heterocycles. The van der Waals surface area contributed by atoms with Crippen molar-refractivity contribution < 1.29 is 8.81 Å². The third kappa shape index (κ3) is 2.41. The molecule has 0 fully saturated rings. The van der Waals surface area contributed by atoms with Crippen LogP contribution in [0, 0.1) is 5.82 Å². The summed E-state index contributed by atoms with van der Waals surface area (Å²) in [5, 5.41) is 3.15. The minimum atomic E-state index is -0.274. The number of benzene rings is 1. The first-order chi connectivity index (χ1) is 7.79. The third-order valence-electron chi connectivity index (χ3n) is 2.32. The molecule has 0 bridgehead atoms. The molecule has 84 valence electrons. The zero-order chi connectivity index (χ0) is 11.4. The maximum absolute atomic E-state index is 12.9. The molecule has 0 atom stereocenters. The third-order valence-corrected chi connectivity index (χ3v) is 2.32. The standard InChI is InChI=1S/C12H13FN2O/c13-10-3-4-12(9(6-10)7-14)15-8-11-2-1-5-16-11/h1-6,15H,7-8,14H2. The van der Waals surface area contributed by atoms with Gasteiger partial charge in [0.1, 0.15) is 11.6 Å². The lowest BCUT2D eigenvalue weighted by Gasteiger charge is -2.09. The summed E-state index contributed by atoms with van der Waals surface area (Å²) in [4.78, 5) is 0. The predicted octanol–water partition coefficient (Wildman–Crippen LogP) is 2.49. The van der Waals surface area contributed by atoms with Crippen molar-refractivity contribution in [2.24, 2.45) is 5.73 Å². The largest absolute Gasteiger partial charge is 0.467 e. The van der Waals surface area contributed by atoms with Gasteiger partial charge in [-0.05, 0) is 35.9 Å². The fourth-order valence-electron chi connectivity index (χ4n) is 1.50. The van der Waals surface area contributed by atoms with Crippen LogP contribution in [-0.4, -0.2) is 0 Å². The molecular weight excluding hydrogens is 207 g/mol. The van der Waals surface area contributed by atoms with E-state index in [1.807, 2.05) is 12.1 Å². The van der Waals surface area contributed by atoms with E-state index in [1.165, 1.54) is 12.1 Å². The monoisotopic (exact) mass is 220 g/mol. The number of rotatable bonds is 4. The van der Waals surface area contributed by atoms with Crippen LogP contribution in [0.4, 0.5) is 10.1 Å². The van der Waals surface area contributed by atoms with Gasteiger partial charge in [0.15, 0.2) is 0 Å². The fraction of sp³-hybridized carbons (Fsp3) is 0.167. The van der Waals surface area contributed by atoms with Gasteiger partial charge in [-0.15, -0.1) is 0 Å². The summed E-state index contributed by atoms with van der Waals surface area (Å²) in [6, 6.07) is 8.22. The van der Waals surface area contributed by atoms with Gasteiger partial charge in [-0.2, -0.15) is 0 Å². The predicted molar refractivity (Wildman–Crippen MR) is 60.3 cm³/mol. The number of hydrogen-bond donors (Lipinski definition) is 2. The van der Waals surface area contributed by atoms with Crippen molar-refractivity contribution in [1.82, 2.24) is 0 Å². The molecule has 0 amide bonds. The summed E-state index contributed by atoms with van der Waals surface area (Å²) in [6.07, 6.45) is 1.62. The van der Waals surface area contributed by atoms with Gasteiger partial charge in [-0.1, -0.05) is 0 Å². The van der Waals surface area contributed by atoms with E-state index in [0.717, 1.165) is 17.0 Å².